The van der Waals surface area contributed by atoms with Crippen LogP contribution < -0.4 is 15.0 Å². The van der Waals surface area contributed by atoms with Crippen LogP contribution in [0.15, 0.2) is 6.07 Å². The van der Waals surface area contributed by atoms with Crippen molar-refractivity contribution < 1.29 is 4.74 Å². The van der Waals surface area contributed by atoms with Gasteiger partial charge in [0.05, 0.1) is 18.5 Å². The molecule has 15 heavy (non-hydrogen) atoms. The van der Waals surface area contributed by atoms with Crippen LogP contribution in [0, 0.1) is 0 Å². The minimum absolute atomic E-state index is 0.892. The maximum absolute atomic E-state index is 5.37. The Kier molecular flexibility index (Phi) is 2.66. The second kappa shape index (κ2) is 3.96. The molecule has 0 unspecified atom stereocenters. The van der Waals surface area contributed by atoms with Crippen molar-refractivity contribution in [3.63, 3.8) is 0 Å². The summed E-state index contributed by atoms with van der Waals surface area (Å²) in [6.45, 7) is 1.01. The van der Waals surface area contributed by atoms with Gasteiger partial charge < -0.3 is 15.0 Å². The predicted molar refractivity (Wildman–Crippen MR) is 61.9 cm³/mol. The first-order chi connectivity index (χ1) is 7.22. The zero-order chi connectivity index (χ0) is 10.8. The number of aryl methyl sites for hydroxylation is 1. The quantitative estimate of drug-likeness (QED) is 0.797. The Hall–Kier alpha value is -1.45. The van der Waals surface area contributed by atoms with Gasteiger partial charge in [-0.05, 0) is 12.8 Å². The molecule has 1 aliphatic rings. The number of anilines is 2. The first kappa shape index (κ1) is 10.1. The van der Waals surface area contributed by atoms with Crippen molar-refractivity contribution in [1.29, 1.82) is 0 Å². The van der Waals surface area contributed by atoms with E-state index in [4.69, 9.17) is 4.74 Å². The molecule has 0 aliphatic carbocycles. The third kappa shape index (κ3) is 1.84. The molecule has 82 valence electrons. The van der Waals surface area contributed by atoms with E-state index in [-0.39, 0.29) is 0 Å². The van der Waals surface area contributed by atoms with Crippen LogP contribution in [0.25, 0.3) is 0 Å². The van der Waals surface area contributed by atoms with Crippen molar-refractivity contribution in [2.45, 2.75) is 12.8 Å². The van der Waals surface area contributed by atoms with E-state index in [9.17, 15) is 0 Å². The highest BCUT2D eigenvalue weighted by molar-refractivity contribution is 5.65. The van der Waals surface area contributed by atoms with Crippen LogP contribution in [-0.4, -0.2) is 32.7 Å². The van der Waals surface area contributed by atoms with E-state index in [1.165, 1.54) is 0 Å². The van der Waals surface area contributed by atoms with E-state index in [0.29, 0.717) is 0 Å². The second-order valence-corrected chi connectivity index (χ2v) is 3.93. The van der Waals surface area contributed by atoms with E-state index in [2.05, 4.69) is 10.3 Å². The van der Waals surface area contributed by atoms with Gasteiger partial charge in [0.15, 0.2) is 0 Å². The smallest absolute Gasteiger partial charge is 0.147 e. The summed E-state index contributed by atoms with van der Waals surface area (Å²) in [5.41, 5.74) is 2.18. The van der Waals surface area contributed by atoms with E-state index >= 15 is 0 Å². The Morgan fingerprint density at radius 2 is 2.27 bits per heavy atom. The molecule has 4 nitrogen and oxygen atoms in total. The molecule has 0 fully saturated rings. The number of pyridine rings is 1. The number of hydrogen-bond donors (Lipinski definition) is 1. The number of hydrogen-bond acceptors (Lipinski definition) is 4. The standard InChI is InChI=1S/C11H17N3O/c1-14(2)10-7-9(15-3)11-8(13-10)5-4-6-12-11/h7,12H,4-6H2,1-3H3. The lowest BCUT2D eigenvalue weighted by atomic mass is 10.1. The lowest BCUT2D eigenvalue weighted by Gasteiger charge is -2.22. The zero-order valence-electron chi connectivity index (χ0n) is 9.50. The van der Waals surface area contributed by atoms with Crippen molar-refractivity contribution in [3.05, 3.63) is 11.8 Å². The molecule has 0 amide bonds. The van der Waals surface area contributed by atoms with E-state index in [1.54, 1.807) is 7.11 Å². The summed E-state index contributed by atoms with van der Waals surface area (Å²) in [6.07, 6.45) is 2.17. The molecule has 0 radical (unpaired) electrons. The molecule has 1 aromatic heterocycles. The lowest BCUT2D eigenvalue weighted by molar-refractivity contribution is 0.414. The fraction of sp³-hybridized carbons (Fsp3) is 0.545. The van der Waals surface area contributed by atoms with E-state index < -0.39 is 0 Å². The number of ether oxygens (including phenoxy) is 1. The van der Waals surface area contributed by atoms with E-state index in [0.717, 1.165) is 42.3 Å². The summed E-state index contributed by atoms with van der Waals surface area (Å²) in [6, 6.07) is 1.97. The Bertz CT molecular complexity index is 346. The van der Waals surface area contributed by atoms with Gasteiger partial charge in [-0.1, -0.05) is 0 Å². The van der Waals surface area contributed by atoms with Gasteiger partial charge in [-0.25, -0.2) is 4.98 Å². The van der Waals surface area contributed by atoms with Crippen LogP contribution in [0.2, 0.25) is 0 Å². The number of nitrogens with zero attached hydrogens (tertiary/aromatic N) is 2. The molecule has 1 N–H and O–H groups in total. The molecule has 0 bridgehead atoms. The fourth-order valence-corrected chi connectivity index (χ4v) is 1.79. The molecule has 0 saturated heterocycles. The molecule has 1 aliphatic heterocycles. The van der Waals surface area contributed by atoms with Gasteiger partial charge in [0, 0.05) is 26.7 Å². The molecule has 0 atom stereocenters. The summed E-state index contributed by atoms with van der Waals surface area (Å²) in [5, 5.41) is 3.34. The summed E-state index contributed by atoms with van der Waals surface area (Å²) >= 11 is 0. The molecular formula is C11H17N3O. The van der Waals surface area contributed by atoms with Crippen molar-refractivity contribution in [2.75, 3.05) is 38.0 Å². The predicted octanol–water partition coefficient (Wildman–Crippen LogP) is 1.51. The molecule has 1 aromatic rings. The number of methoxy groups -OCH3 is 1. The summed E-state index contributed by atoms with van der Waals surface area (Å²) < 4.78 is 5.37. The molecular weight excluding hydrogens is 190 g/mol. The van der Waals surface area contributed by atoms with Gasteiger partial charge in [-0.2, -0.15) is 0 Å². The van der Waals surface area contributed by atoms with Crippen LogP contribution in [0.5, 0.6) is 5.75 Å². The Labute approximate surface area is 90.3 Å². The van der Waals surface area contributed by atoms with Crippen LogP contribution in [-0.2, 0) is 6.42 Å². The fourth-order valence-electron chi connectivity index (χ4n) is 1.79. The van der Waals surface area contributed by atoms with E-state index in [1.807, 2.05) is 25.1 Å². The van der Waals surface area contributed by atoms with Crippen LogP contribution in [0.3, 0.4) is 0 Å². The SMILES string of the molecule is COc1cc(N(C)C)nc2c1NCCC2. The first-order valence-corrected chi connectivity index (χ1v) is 5.21. The van der Waals surface area contributed by atoms with Gasteiger partial charge in [0.2, 0.25) is 0 Å². The van der Waals surface area contributed by atoms with Gasteiger partial charge in [0.25, 0.3) is 0 Å². The zero-order valence-corrected chi connectivity index (χ0v) is 9.50. The summed E-state index contributed by atoms with van der Waals surface area (Å²) in [4.78, 5) is 6.60. The maximum Gasteiger partial charge on any atom is 0.147 e. The van der Waals surface area contributed by atoms with Crippen LogP contribution in [0.4, 0.5) is 11.5 Å². The highest BCUT2D eigenvalue weighted by atomic mass is 16.5. The minimum Gasteiger partial charge on any atom is -0.494 e. The topological polar surface area (TPSA) is 37.4 Å². The minimum atomic E-state index is 0.892. The Morgan fingerprint density at radius 3 is 2.93 bits per heavy atom. The molecule has 2 rings (SSSR count). The van der Waals surface area contributed by atoms with Crippen molar-refractivity contribution in [2.24, 2.45) is 0 Å². The first-order valence-electron chi connectivity index (χ1n) is 5.21. The second-order valence-electron chi connectivity index (χ2n) is 3.93. The van der Waals surface area contributed by atoms with Gasteiger partial charge in [0.1, 0.15) is 11.6 Å². The number of nitrogens with one attached hydrogen (secondary N) is 1. The highest BCUT2D eigenvalue weighted by Gasteiger charge is 2.16. The van der Waals surface area contributed by atoms with Crippen LogP contribution in [0.1, 0.15) is 12.1 Å². The molecule has 0 saturated carbocycles. The van der Waals surface area contributed by atoms with Crippen molar-refractivity contribution >= 4 is 11.5 Å². The summed E-state index contributed by atoms with van der Waals surface area (Å²) in [7, 11) is 5.68. The van der Waals surface area contributed by atoms with Gasteiger partial charge in [-0.3, -0.25) is 0 Å². The Morgan fingerprint density at radius 1 is 1.47 bits per heavy atom. The normalized spacial score (nSPS) is 14.1. The maximum atomic E-state index is 5.37. The molecule has 4 heteroatoms. The third-order valence-electron chi connectivity index (χ3n) is 2.61. The highest BCUT2D eigenvalue weighted by Crippen LogP contribution is 2.33. The average Bonchev–Trinajstić information content (AvgIpc) is 2.27. The number of rotatable bonds is 2. The monoisotopic (exact) mass is 207 g/mol. The number of fused-ring (bicyclic) bond motifs is 1. The average molecular weight is 207 g/mol. The van der Waals surface area contributed by atoms with Crippen molar-refractivity contribution in [3.8, 4) is 5.75 Å². The van der Waals surface area contributed by atoms with Crippen LogP contribution >= 0.6 is 0 Å². The third-order valence-corrected chi connectivity index (χ3v) is 2.61. The molecule has 2 heterocycles. The summed E-state index contributed by atoms with van der Waals surface area (Å²) in [5.74, 6) is 1.85. The largest absolute Gasteiger partial charge is 0.494 e. The van der Waals surface area contributed by atoms with Gasteiger partial charge >= 0.3 is 0 Å². The molecule has 0 aromatic carbocycles. The Balaban J connectivity index is 2.48. The van der Waals surface area contributed by atoms with Crippen molar-refractivity contribution in [1.82, 2.24) is 4.98 Å². The molecule has 0 spiro atoms. The number of aromatic nitrogens is 1. The lowest BCUT2D eigenvalue weighted by Crippen LogP contribution is -2.17. The van der Waals surface area contributed by atoms with Gasteiger partial charge in [-0.15, -0.1) is 0 Å².